The molecular formula is C16H25N3S2. The fourth-order valence-corrected chi connectivity index (χ4v) is 3.79. The van der Waals surface area contributed by atoms with Crippen molar-refractivity contribution in [3.63, 3.8) is 0 Å². The average molecular weight is 324 g/mol. The third kappa shape index (κ3) is 4.59. The number of thiocarbonyl (C=S) groups is 1. The van der Waals surface area contributed by atoms with Crippen LogP contribution in [-0.2, 0) is 0 Å². The van der Waals surface area contributed by atoms with Gasteiger partial charge in [-0.25, -0.2) is 0 Å². The van der Waals surface area contributed by atoms with Crippen molar-refractivity contribution in [3.05, 3.63) is 23.8 Å². The van der Waals surface area contributed by atoms with E-state index < -0.39 is 0 Å². The molecule has 3 nitrogen and oxygen atoms in total. The largest absolute Gasteiger partial charge is 0.389 e. The molecule has 1 aliphatic rings. The molecule has 1 aromatic carbocycles. The number of thioether (sulfide) groups is 1. The highest BCUT2D eigenvalue weighted by molar-refractivity contribution is 7.98. The summed E-state index contributed by atoms with van der Waals surface area (Å²) in [6.07, 6.45) is 5.89. The maximum Gasteiger partial charge on any atom is 0.107 e. The minimum absolute atomic E-state index is 0.474. The summed E-state index contributed by atoms with van der Waals surface area (Å²) in [5.74, 6) is 0.839. The first-order valence-electron chi connectivity index (χ1n) is 7.51. The van der Waals surface area contributed by atoms with Gasteiger partial charge in [0.05, 0.1) is 0 Å². The Morgan fingerprint density at radius 3 is 2.76 bits per heavy atom. The molecule has 1 heterocycles. The van der Waals surface area contributed by atoms with Gasteiger partial charge in [-0.05, 0) is 63.7 Å². The van der Waals surface area contributed by atoms with E-state index in [0.717, 1.165) is 28.6 Å². The van der Waals surface area contributed by atoms with Gasteiger partial charge in [0.15, 0.2) is 0 Å². The van der Waals surface area contributed by atoms with Crippen LogP contribution in [0.3, 0.4) is 0 Å². The molecule has 0 atom stereocenters. The SMILES string of the molecule is CSc1cccc(NCCC2CCN(C)CC2)c1C(N)=S. The Labute approximate surface area is 137 Å². The highest BCUT2D eigenvalue weighted by atomic mass is 32.2. The van der Waals surface area contributed by atoms with Gasteiger partial charge >= 0.3 is 0 Å². The smallest absolute Gasteiger partial charge is 0.107 e. The molecule has 0 spiro atoms. The molecule has 0 aliphatic carbocycles. The molecular weight excluding hydrogens is 298 g/mol. The first kappa shape index (κ1) is 16.6. The normalized spacial score (nSPS) is 16.9. The predicted molar refractivity (Wildman–Crippen MR) is 97.4 cm³/mol. The predicted octanol–water partition coefficient (Wildman–Crippen LogP) is 3.19. The zero-order chi connectivity index (χ0) is 15.2. The molecule has 21 heavy (non-hydrogen) atoms. The summed E-state index contributed by atoms with van der Waals surface area (Å²) in [6.45, 7) is 3.44. The summed E-state index contributed by atoms with van der Waals surface area (Å²) in [7, 11) is 2.21. The lowest BCUT2D eigenvalue weighted by Gasteiger charge is -2.29. The maximum atomic E-state index is 5.89. The van der Waals surface area contributed by atoms with E-state index in [4.69, 9.17) is 18.0 Å². The first-order valence-corrected chi connectivity index (χ1v) is 9.14. The monoisotopic (exact) mass is 323 g/mol. The molecule has 2 rings (SSSR count). The Hall–Kier alpha value is -0.780. The van der Waals surface area contributed by atoms with Crippen LogP contribution in [0.2, 0.25) is 0 Å². The van der Waals surface area contributed by atoms with Crippen molar-refractivity contribution >= 4 is 34.7 Å². The van der Waals surface area contributed by atoms with Gasteiger partial charge in [0, 0.05) is 22.7 Å². The number of hydrogen-bond donors (Lipinski definition) is 2. The molecule has 1 saturated heterocycles. The molecule has 0 amide bonds. The number of nitrogens with zero attached hydrogens (tertiary/aromatic N) is 1. The van der Waals surface area contributed by atoms with Gasteiger partial charge in [-0.2, -0.15) is 0 Å². The molecule has 116 valence electrons. The lowest BCUT2D eigenvalue weighted by atomic mass is 9.94. The lowest BCUT2D eigenvalue weighted by Crippen LogP contribution is -2.31. The van der Waals surface area contributed by atoms with Crippen LogP contribution < -0.4 is 11.1 Å². The van der Waals surface area contributed by atoms with Gasteiger partial charge in [-0.3, -0.25) is 0 Å². The zero-order valence-electron chi connectivity index (χ0n) is 12.9. The molecule has 0 bridgehead atoms. The van der Waals surface area contributed by atoms with E-state index in [0.29, 0.717) is 4.99 Å². The fourth-order valence-electron chi connectivity index (χ4n) is 2.86. The van der Waals surface area contributed by atoms with Crippen LogP contribution in [0.15, 0.2) is 23.1 Å². The third-order valence-corrected chi connectivity index (χ3v) is 5.18. The Kier molecular flexibility index (Phi) is 6.33. The fraction of sp³-hybridized carbons (Fsp3) is 0.562. The molecule has 0 unspecified atom stereocenters. The van der Waals surface area contributed by atoms with Crippen molar-refractivity contribution in [3.8, 4) is 0 Å². The molecule has 1 aromatic rings. The summed E-state index contributed by atoms with van der Waals surface area (Å²) in [5, 5.41) is 3.53. The molecule has 0 aromatic heterocycles. The van der Waals surface area contributed by atoms with Crippen molar-refractivity contribution < 1.29 is 0 Å². The molecule has 0 saturated carbocycles. The van der Waals surface area contributed by atoms with Crippen molar-refractivity contribution in [2.75, 3.05) is 38.3 Å². The van der Waals surface area contributed by atoms with Gasteiger partial charge in [0.2, 0.25) is 0 Å². The van der Waals surface area contributed by atoms with Gasteiger partial charge in [-0.1, -0.05) is 18.3 Å². The van der Waals surface area contributed by atoms with Gasteiger partial charge in [0.25, 0.3) is 0 Å². The van der Waals surface area contributed by atoms with E-state index in [2.05, 4.69) is 41.7 Å². The molecule has 3 N–H and O–H groups in total. The standard InChI is InChI=1S/C16H25N3S2/c1-19-10-7-12(8-11-19)6-9-18-13-4-3-5-14(21-2)15(13)16(17)20/h3-5,12,18H,6-11H2,1-2H3,(H2,17,20). The van der Waals surface area contributed by atoms with Crippen molar-refractivity contribution in [2.45, 2.75) is 24.2 Å². The van der Waals surface area contributed by atoms with Gasteiger partial charge in [-0.15, -0.1) is 11.8 Å². The van der Waals surface area contributed by atoms with Crippen LogP contribution in [0, 0.1) is 5.92 Å². The average Bonchev–Trinajstić information content (AvgIpc) is 2.48. The first-order chi connectivity index (χ1) is 10.1. The van der Waals surface area contributed by atoms with E-state index in [1.807, 2.05) is 0 Å². The van der Waals surface area contributed by atoms with Crippen LogP contribution in [-0.4, -0.2) is 42.8 Å². The second-order valence-electron chi connectivity index (χ2n) is 5.71. The molecule has 5 heteroatoms. The number of benzene rings is 1. The topological polar surface area (TPSA) is 41.3 Å². The second kappa shape index (κ2) is 8.01. The number of anilines is 1. The minimum Gasteiger partial charge on any atom is -0.389 e. The number of piperidine rings is 1. The van der Waals surface area contributed by atoms with Crippen LogP contribution in [0.5, 0.6) is 0 Å². The van der Waals surface area contributed by atoms with Crippen LogP contribution in [0.25, 0.3) is 0 Å². The van der Waals surface area contributed by atoms with Crippen molar-refractivity contribution in [2.24, 2.45) is 11.7 Å². The Morgan fingerprint density at radius 2 is 2.14 bits per heavy atom. The summed E-state index contributed by atoms with van der Waals surface area (Å²) < 4.78 is 0. The van der Waals surface area contributed by atoms with E-state index in [1.165, 1.54) is 32.4 Å². The maximum absolute atomic E-state index is 5.89. The van der Waals surface area contributed by atoms with E-state index in [9.17, 15) is 0 Å². The Morgan fingerprint density at radius 1 is 1.43 bits per heavy atom. The summed E-state index contributed by atoms with van der Waals surface area (Å²) >= 11 is 6.90. The second-order valence-corrected chi connectivity index (χ2v) is 7.00. The quantitative estimate of drug-likeness (QED) is 0.621. The molecule has 1 fully saturated rings. The Bertz CT molecular complexity index is 482. The molecule has 1 aliphatic heterocycles. The summed E-state index contributed by atoms with van der Waals surface area (Å²) in [5.41, 5.74) is 7.95. The lowest BCUT2D eigenvalue weighted by molar-refractivity contribution is 0.215. The van der Waals surface area contributed by atoms with Crippen molar-refractivity contribution in [1.29, 1.82) is 0 Å². The van der Waals surface area contributed by atoms with Crippen molar-refractivity contribution in [1.82, 2.24) is 4.90 Å². The van der Waals surface area contributed by atoms with Gasteiger partial charge in [0.1, 0.15) is 4.99 Å². The van der Waals surface area contributed by atoms with Crippen LogP contribution in [0.4, 0.5) is 5.69 Å². The number of hydrogen-bond acceptors (Lipinski definition) is 4. The van der Waals surface area contributed by atoms with E-state index in [1.54, 1.807) is 11.8 Å². The summed E-state index contributed by atoms with van der Waals surface area (Å²) in [6, 6.07) is 6.20. The minimum atomic E-state index is 0.474. The van der Waals surface area contributed by atoms with E-state index in [-0.39, 0.29) is 0 Å². The highest BCUT2D eigenvalue weighted by Crippen LogP contribution is 2.27. The number of likely N-dealkylation sites (tertiary alicyclic amines) is 1. The highest BCUT2D eigenvalue weighted by Gasteiger charge is 2.16. The van der Waals surface area contributed by atoms with Crippen LogP contribution in [0.1, 0.15) is 24.8 Å². The zero-order valence-corrected chi connectivity index (χ0v) is 14.5. The van der Waals surface area contributed by atoms with Gasteiger partial charge < -0.3 is 16.0 Å². The number of nitrogens with two attached hydrogens (primary N) is 1. The summed E-state index contributed by atoms with van der Waals surface area (Å²) in [4.78, 5) is 4.03. The third-order valence-electron chi connectivity index (χ3n) is 4.20. The number of nitrogens with one attached hydrogen (secondary N) is 1. The molecule has 0 radical (unpaired) electrons. The Balaban J connectivity index is 1.92. The van der Waals surface area contributed by atoms with E-state index >= 15 is 0 Å². The number of rotatable bonds is 6. The van der Waals surface area contributed by atoms with Crippen LogP contribution >= 0.6 is 24.0 Å².